The van der Waals surface area contributed by atoms with Crippen LogP contribution in [0.1, 0.15) is 29.0 Å². The second kappa shape index (κ2) is 13.6. The van der Waals surface area contributed by atoms with Crippen LogP contribution in [0, 0.1) is 0 Å². The number of nitrogens with one attached hydrogen (secondary N) is 2. The fourth-order valence-corrected chi connectivity index (χ4v) is 4.51. The van der Waals surface area contributed by atoms with Gasteiger partial charge in [-0.05, 0) is 48.2 Å². The maximum absolute atomic E-state index is 12.4. The number of halogens is 3. The maximum atomic E-state index is 12.4. The topological polar surface area (TPSA) is 141 Å². The molecule has 214 valence electrons. The first kappa shape index (κ1) is 29.3. The maximum Gasteiger partial charge on any atom is 0.573 e. The molecule has 0 spiro atoms. The highest BCUT2D eigenvalue weighted by molar-refractivity contribution is 7.15. The molecule has 0 bridgehead atoms. The summed E-state index contributed by atoms with van der Waals surface area (Å²) >= 11 is 1.28. The number of benzene rings is 1. The number of carbonyl (C=O) groups is 2. The molecule has 0 atom stereocenters. The Morgan fingerprint density at radius 3 is 2.51 bits per heavy atom. The van der Waals surface area contributed by atoms with Gasteiger partial charge in [0.1, 0.15) is 16.6 Å². The monoisotopic (exact) mass is 587 g/mol. The minimum Gasteiger partial charge on any atom is -0.406 e. The lowest BCUT2D eigenvalue weighted by atomic mass is 10.1. The first-order chi connectivity index (χ1) is 19.6. The molecule has 0 saturated carbocycles. The number of amides is 2. The van der Waals surface area contributed by atoms with Crippen molar-refractivity contribution in [1.29, 1.82) is 0 Å². The molecule has 2 N–H and O–H groups in total. The van der Waals surface area contributed by atoms with Crippen LogP contribution in [0.2, 0.25) is 0 Å². The van der Waals surface area contributed by atoms with Gasteiger partial charge in [0, 0.05) is 31.6 Å². The van der Waals surface area contributed by atoms with E-state index in [-0.39, 0.29) is 24.6 Å². The normalized spacial score (nSPS) is 11.2. The second-order valence-corrected chi connectivity index (χ2v) is 9.82. The first-order valence-corrected chi connectivity index (χ1v) is 13.2. The van der Waals surface area contributed by atoms with E-state index in [2.05, 4.69) is 35.5 Å². The Balaban J connectivity index is 1.19. The van der Waals surface area contributed by atoms with E-state index < -0.39 is 23.7 Å². The van der Waals surface area contributed by atoms with E-state index >= 15 is 0 Å². The van der Waals surface area contributed by atoms with Crippen LogP contribution in [0.5, 0.6) is 5.75 Å². The fraction of sp³-hybridized carbons (Fsp3) is 0.269. The van der Waals surface area contributed by atoms with Crippen molar-refractivity contribution >= 4 is 34.1 Å². The number of ether oxygens (including phenoxy) is 1. The number of hydrogen-bond donors (Lipinski definition) is 2. The predicted octanol–water partition coefficient (Wildman–Crippen LogP) is 3.77. The van der Waals surface area contributed by atoms with Gasteiger partial charge in [0.25, 0.3) is 0 Å². The number of unbranched alkanes of at least 4 members (excludes halogenated alkanes) is 1. The van der Waals surface area contributed by atoms with Crippen molar-refractivity contribution in [1.82, 2.24) is 24.7 Å². The molecule has 0 unspecified atom stereocenters. The highest BCUT2D eigenvalue weighted by Crippen LogP contribution is 2.23. The average Bonchev–Trinajstić information content (AvgIpc) is 3.34. The number of aromatic nitrogens is 5. The van der Waals surface area contributed by atoms with E-state index in [1.807, 2.05) is 6.07 Å². The minimum atomic E-state index is -4.84. The summed E-state index contributed by atoms with van der Waals surface area (Å²) in [5.41, 5.74) is 0.532. The van der Waals surface area contributed by atoms with Gasteiger partial charge in [0.2, 0.25) is 16.9 Å². The van der Waals surface area contributed by atoms with Crippen LogP contribution in [-0.4, -0.2) is 42.9 Å². The molecule has 3 aromatic heterocycles. The molecule has 0 aliphatic heterocycles. The van der Waals surface area contributed by atoms with Crippen molar-refractivity contribution in [3.05, 3.63) is 87.7 Å². The zero-order valence-electron chi connectivity index (χ0n) is 21.4. The van der Waals surface area contributed by atoms with Crippen LogP contribution in [0.3, 0.4) is 0 Å². The largest absolute Gasteiger partial charge is 0.573 e. The Kier molecular flexibility index (Phi) is 9.73. The van der Waals surface area contributed by atoms with Gasteiger partial charge in [-0.1, -0.05) is 29.5 Å². The van der Waals surface area contributed by atoms with Crippen molar-refractivity contribution in [3.8, 4) is 5.75 Å². The summed E-state index contributed by atoms with van der Waals surface area (Å²) in [6, 6.07) is 10.1. The fourth-order valence-electron chi connectivity index (χ4n) is 3.71. The number of aryl methyl sites for hydroxylation is 2. The van der Waals surface area contributed by atoms with Gasteiger partial charge in [-0.2, -0.15) is 4.98 Å². The molecule has 2 amide bonds. The summed E-state index contributed by atoms with van der Waals surface area (Å²) in [5.74, 6) is -1.16. The highest BCUT2D eigenvalue weighted by atomic mass is 32.1. The Bertz CT molecular complexity index is 1540. The molecule has 0 fully saturated rings. The first-order valence-electron chi connectivity index (χ1n) is 12.4. The van der Waals surface area contributed by atoms with E-state index in [1.54, 1.807) is 18.5 Å². The molecule has 0 aliphatic rings. The van der Waals surface area contributed by atoms with Crippen LogP contribution in [0.15, 0.2) is 65.8 Å². The number of anilines is 2. The third-order valence-corrected chi connectivity index (χ3v) is 6.38. The molecule has 11 nitrogen and oxygen atoms in total. The highest BCUT2D eigenvalue weighted by Gasteiger charge is 2.31. The standard InChI is InChI=1S/C26H24F3N7O4S/c27-26(28,29)40-19-7-3-5-17(13-19)14-21(37)31-20-9-12-36(25(39)32-20)11-2-1-8-23-34-35-24(41-23)33-22(38)15-18-6-4-10-30-16-18/h3-7,9-10,12-13,16H,1-2,8,11,14-15H2,(H,33,35,38)(H,31,32,37,39). The summed E-state index contributed by atoms with van der Waals surface area (Å²) < 4.78 is 42.5. The van der Waals surface area contributed by atoms with Crippen molar-refractivity contribution in [2.24, 2.45) is 0 Å². The van der Waals surface area contributed by atoms with E-state index in [0.29, 0.717) is 36.5 Å². The van der Waals surface area contributed by atoms with Crippen LogP contribution in [0.4, 0.5) is 24.1 Å². The smallest absolute Gasteiger partial charge is 0.406 e. The zero-order chi connectivity index (χ0) is 29.2. The van der Waals surface area contributed by atoms with Crippen LogP contribution in [-0.2, 0) is 35.4 Å². The second-order valence-electron chi connectivity index (χ2n) is 8.75. The van der Waals surface area contributed by atoms with E-state index in [1.165, 1.54) is 40.3 Å². The third-order valence-electron chi connectivity index (χ3n) is 5.48. The summed E-state index contributed by atoms with van der Waals surface area (Å²) in [4.78, 5) is 44.7. The number of rotatable bonds is 12. The van der Waals surface area contributed by atoms with Gasteiger partial charge in [-0.25, -0.2) is 4.79 Å². The molecular weight excluding hydrogens is 563 g/mol. The lowest BCUT2D eigenvalue weighted by Gasteiger charge is -2.10. The summed E-state index contributed by atoms with van der Waals surface area (Å²) in [5, 5.41) is 14.4. The molecule has 4 rings (SSSR count). The Morgan fingerprint density at radius 2 is 1.76 bits per heavy atom. The number of nitrogens with zero attached hydrogens (tertiary/aromatic N) is 5. The molecule has 0 saturated heterocycles. The van der Waals surface area contributed by atoms with Crippen molar-refractivity contribution in [3.63, 3.8) is 0 Å². The average molecular weight is 588 g/mol. The van der Waals surface area contributed by atoms with Gasteiger partial charge in [-0.15, -0.1) is 23.4 Å². The van der Waals surface area contributed by atoms with Gasteiger partial charge in [0.05, 0.1) is 12.8 Å². The van der Waals surface area contributed by atoms with Crippen LogP contribution >= 0.6 is 11.3 Å². The molecule has 1 aromatic carbocycles. The summed E-state index contributed by atoms with van der Waals surface area (Å²) in [6.45, 7) is 0.388. The molecule has 15 heteroatoms. The molecule has 0 aliphatic carbocycles. The van der Waals surface area contributed by atoms with Crippen molar-refractivity contribution < 1.29 is 27.5 Å². The van der Waals surface area contributed by atoms with Crippen LogP contribution in [0.25, 0.3) is 0 Å². The van der Waals surface area contributed by atoms with Crippen molar-refractivity contribution in [2.75, 3.05) is 10.6 Å². The molecule has 41 heavy (non-hydrogen) atoms. The van der Waals surface area contributed by atoms with Gasteiger partial charge < -0.3 is 15.4 Å². The zero-order valence-corrected chi connectivity index (χ0v) is 22.2. The molecule has 3 heterocycles. The predicted molar refractivity (Wildman–Crippen MR) is 143 cm³/mol. The number of pyridine rings is 1. The lowest BCUT2D eigenvalue weighted by Crippen LogP contribution is -2.25. The SMILES string of the molecule is O=C(Cc1cccc(OC(F)(F)F)c1)Nc1ccn(CCCCc2nnc(NC(=O)Cc3cccnc3)s2)c(=O)n1. The number of hydrogen-bond acceptors (Lipinski definition) is 9. The van der Waals surface area contributed by atoms with Crippen molar-refractivity contribution in [2.45, 2.75) is 45.0 Å². The van der Waals surface area contributed by atoms with Crippen LogP contribution < -0.4 is 21.1 Å². The summed E-state index contributed by atoms with van der Waals surface area (Å²) in [6.07, 6.45) is 1.84. The Morgan fingerprint density at radius 1 is 0.976 bits per heavy atom. The van der Waals surface area contributed by atoms with Gasteiger partial charge in [0.15, 0.2) is 0 Å². The Labute approximate surface area is 235 Å². The van der Waals surface area contributed by atoms with E-state index in [4.69, 9.17) is 0 Å². The number of carbonyl (C=O) groups excluding carboxylic acids is 2. The minimum absolute atomic E-state index is 0.0332. The lowest BCUT2D eigenvalue weighted by molar-refractivity contribution is -0.274. The van der Waals surface area contributed by atoms with Gasteiger partial charge in [-0.3, -0.25) is 19.1 Å². The molecule has 0 radical (unpaired) electrons. The van der Waals surface area contributed by atoms with Gasteiger partial charge >= 0.3 is 12.1 Å². The molecule has 4 aromatic rings. The van der Waals surface area contributed by atoms with E-state index in [9.17, 15) is 27.6 Å². The van der Waals surface area contributed by atoms with E-state index in [0.717, 1.165) is 22.7 Å². The summed E-state index contributed by atoms with van der Waals surface area (Å²) in [7, 11) is 0. The Hall–Kier alpha value is -4.66. The molecular formula is C26H24F3N7O4S. The number of alkyl halides is 3. The quantitative estimate of drug-likeness (QED) is 0.239. The third kappa shape index (κ3) is 9.79.